The maximum atomic E-state index is 11.8. The van der Waals surface area contributed by atoms with E-state index in [9.17, 15) is 4.79 Å². The van der Waals surface area contributed by atoms with E-state index >= 15 is 0 Å². The molecule has 2 aromatic heterocycles. The number of nitrogens with one attached hydrogen (secondary N) is 1. The molecule has 0 fully saturated rings. The van der Waals surface area contributed by atoms with E-state index in [0.29, 0.717) is 17.9 Å². The van der Waals surface area contributed by atoms with Gasteiger partial charge in [-0.25, -0.2) is 9.97 Å². The molecule has 3 N–H and O–H groups in total. The van der Waals surface area contributed by atoms with Crippen molar-refractivity contribution in [2.45, 2.75) is 6.54 Å². The number of anilines is 2. The predicted molar refractivity (Wildman–Crippen MR) is 133 cm³/mol. The molecule has 7 nitrogen and oxygen atoms in total. The van der Waals surface area contributed by atoms with E-state index in [-0.39, 0.29) is 5.82 Å². The van der Waals surface area contributed by atoms with Crippen LogP contribution >= 0.6 is 0 Å². The fraction of sp³-hybridized carbons (Fsp3) is 0.0370. The quantitative estimate of drug-likeness (QED) is 0.398. The second-order valence-electron chi connectivity index (χ2n) is 8.04. The summed E-state index contributed by atoms with van der Waals surface area (Å²) < 4.78 is 1.95. The van der Waals surface area contributed by atoms with Crippen molar-refractivity contribution in [1.29, 1.82) is 0 Å². The zero-order valence-electron chi connectivity index (χ0n) is 18.1. The van der Waals surface area contributed by atoms with Crippen LogP contribution in [0.3, 0.4) is 0 Å². The van der Waals surface area contributed by atoms with Gasteiger partial charge in [-0.05, 0) is 35.2 Å². The molecule has 7 heteroatoms. The van der Waals surface area contributed by atoms with E-state index in [0.717, 1.165) is 32.7 Å². The van der Waals surface area contributed by atoms with Crippen LogP contribution < -0.4 is 11.1 Å². The van der Waals surface area contributed by atoms with Crippen LogP contribution in [-0.2, 0) is 6.54 Å². The van der Waals surface area contributed by atoms with E-state index in [1.165, 1.54) is 5.56 Å². The second-order valence-corrected chi connectivity index (χ2v) is 8.04. The SMILES string of the molecule is NC(=O)c1nc(Nc2cc3nn(Cc4ccccc4)cc3c3ccccc23)c2c[c]ccc2n1. The Labute approximate surface area is 194 Å². The van der Waals surface area contributed by atoms with Gasteiger partial charge < -0.3 is 11.1 Å². The third-order valence-corrected chi connectivity index (χ3v) is 5.78. The van der Waals surface area contributed by atoms with E-state index in [4.69, 9.17) is 10.8 Å². The van der Waals surface area contributed by atoms with Gasteiger partial charge in [0.05, 0.1) is 17.6 Å². The molecule has 163 valence electrons. The lowest BCUT2D eigenvalue weighted by Gasteiger charge is -2.12. The number of rotatable bonds is 5. The second kappa shape index (κ2) is 7.97. The molecule has 0 bridgehead atoms. The van der Waals surface area contributed by atoms with Gasteiger partial charge in [-0.2, -0.15) is 5.10 Å². The maximum Gasteiger partial charge on any atom is 0.286 e. The summed E-state index contributed by atoms with van der Waals surface area (Å²) in [7, 11) is 0. The first-order valence-electron chi connectivity index (χ1n) is 10.8. The predicted octanol–water partition coefficient (Wildman–Crippen LogP) is 4.82. The minimum Gasteiger partial charge on any atom is -0.363 e. The molecule has 0 aliphatic carbocycles. The molecule has 1 amide bonds. The lowest BCUT2D eigenvalue weighted by molar-refractivity contribution is 0.0991. The monoisotopic (exact) mass is 443 g/mol. The van der Waals surface area contributed by atoms with Crippen molar-refractivity contribution in [1.82, 2.24) is 19.7 Å². The van der Waals surface area contributed by atoms with Gasteiger partial charge in [0.1, 0.15) is 5.82 Å². The Morgan fingerprint density at radius 2 is 1.71 bits per heavy atom. The van der Waals surface area contributed by atoms with Crippen LogP contribution in [0.1, 0.15) is 16.2 Å². The van der Waals surface area contributed by atoms with Crippen molar-refractivity contribution < 1.29 is 4.79 Å². The number of fused-ring (bicyclic) bond motifs is 4. The van der Waals surface area contributed by atoms with Crippen molar-refractivity contribution in [3.63, 3.8) is 0 Å². The third kappa shape index (κ3) is 3.49. The van der Waals surface area contributed by atoms with Crippen LogP contribution in [0.25, 0.3) is 32.6 Å². The van der Waals surface area contributed by atoms with Crippen molar-refractivity contribution in [2.75, 3.05) is 5.32 Å². The molecular weight excluding hydrogens is 424 g/mol. The van der Waals surface area contributed by atoms with Gasteiger partial charge in [0.2, 0.25) is 5.82 Å². The van der Waals surface area contributed by atoms with E-state index in [1.54, 1.807) is 18.2 Å². The Balaban J connectivity index is 1.50. The Kier molecular flexibility index (Phi) is 4.66. The average molecular weight is 443 g/mol. The van der Waals surface area contributed by atoms with Gasteiger partial charge in [0.25, 0.3) is 5.91 Å². The molecule has 0 aliphatic heterocycles. The fourth-order valence-corrected chi connectivity index (χ4v) is 4.22. The number of aromatic nitrogens is 4. The van der Waals surface area contributed by atoms with Gasteiger partial charge in [0.15, 0.2) is 0 Å². The first-order chi connectivity index (χ1) is 16.7. The molecule has 1 radical (unpaired) electrons. The molecule has 4 aromatic carbocycles. The number of amides is 1. The third-order valence-electron chi connectivity index (χ3n) is 5.78. The summed E-state index contributed by atoms with van der Waals surface area (Å²) in [5.74, 6) is -0.236. The first kappa shape index (κ1) is 19.9. The molecular formula is C27H19N6O. The summed E-state index contributed by atoms with van der Waals surface area (Å²) in [4.78, 5) is 20.5. The average Bonchev–Trinajstić information content (AvgIpc) is 3.27. The lowest BCUT2D eigenvalue weighted by atomic mass is 10.0. The molecule has 2 heterocycles. The summed E-state index contributed by atoms with van der Waals surface area (Å²) in [5.41, 5.74) is 8.97. The number of carbonyl (C=O) groups is 1. The summed E-state index contributed by atoms with van der Waals surface area (Å²) in [5, 5.41) is 12.1. The molecule has 6 aromatic rings. The molecule has 6 rings (SSSR count). The highest BCUT2D eigenvalue weighted by atomic mass is 16.1. The van der Waals surface area contributed by atoms with Crippen LogP contribution in [0.15, 0.2) is 85.1 Å². The number of nitrogens with two attached hydrogens (primary N) is 1. The minimum absolute atomic E-state index is 0.0428. The van der Waals surface area contributed by atoms with Gasteiger partial charge in [-0.15, -0.1) is 0 Å². The van der Waals surface area contributed by atoms with Crippen molar-refractivity contribution in [2.24, 2.45) is 5.73 Å². The largest absolute Gasteiger partial charge is 0.363 e. The van der Waals surface area contributed by atoms with Gasteiger partial charge >= 0.3 is 0 Å². The summed E-state index contributed by atoms with van der Waals surface area (Å²) >= 11 is 0. The molecule has 0 saturated carbocycles. The van der Waals surface area contributed by atoms with Crippen LogP contribution in [-0.4, -0.2) is 25.7 Å². The number of benzene rings is 4. The normalized spacial score (nSPS) is 11.3. The number of carbonyl (C=O) groups excluding carboxylic acids is 1. The fourth-order valence-electron chi connectivity index (χ4n) is 4.22. The summed E-state index contributed by atoms with van der Waals surface area (Å²) in [6, 6.07) is 28.7. The molecule has 0 atom stereocenters. The van der Waals surface area contributed by atoms with Gasteiger partial charge in [-0.1, -0.05) is 60.7 Å². The maximum absolute atomic E-state index is 11.8. The highest BCUT2D eigenvalue weighted by molar-refractivity contribution is 6.13. The number of nitrogens with zero attached hydrogens (tertiary/aromatic N) is 4. The first-order valence-corrected chi connectivity index (χ1v) is 10.8. The molecule has 34 heavy (non-hydrogen) atoms. The number of hydrogen-bond acceptors (Lipinski definition) is 5. The minimum atomic E-state index is -0.683. The zero-order chi connectivity index (χ0) is 23.1. The van der Waals surface area contributed by atoms with Crippen molar-refractivity contribution >= 4 is 50.0 Å². The Morgan fingerprint density at radius 1 is 0.912 bits per heavy atom. The highest BCUT2D eigenvalue weighted by Crippen LogP contribution is 2.34. The Bertz CT molecular complexity index is 1690. The van der Waals surface area contributed by atoms with Crippen LogP contribution in [0.2, 0.25) is 0 Å². The van der Waals surface area contributed by atoms with Crippen LogP contribution in [0.4, 0.5) is 11.5 Å². The van der Waals surface area contributed by atoms with E-state index in [2.05, 4.69) is 51.8 Å². The van der Waals surface area contributed by atoms with Crippen LogP contribution in [0.5, 0.6) is 0 Å². The van der Waals surface area contributed by atoms with Gasteiger partial charge in [0, 0.05) is 28.0 Å². The summed E-state index contributed by atoms with van der Waals surface area (Å²) in [6.45, 7) is 0.682. The van der Waals surface area contributed by atoms with E-state index < -0.39 is 5.91 Å². The molecule has 0 aliphatic rings. The smallest absolute Gasteiger partial charge is 0.286 e. The molecule has 0 spiro atoms. The Hall–Kier alpha value is -4.78. The topological polar surface area (TPSA) is 98.7 Å². The van der Waals surface area contributed by atoms with Gasteiger partial charge in [-0.3, -0.25) is 9.48 Å². The molecule has 0 saturated heterocycles. The Morgan fingerprint density at radius 3 is 2.53 bits per heavy atom. The lowest BCUT2D eigenvalue weighted by Crippen LogP contribution is -2.16. The zero-order valence-corrected chi connectivity index (χ0v) is 18.1. The van der Waals surface area contributed by atoms with Crippen molar-refractivity contribution in [3.05, 3.63) is 103 Å². The summed E-state index contributed by atoms with van der Waals surface area (Å²) in [6.07, 6.45) is 2.08. The van der Waals surface area contributed by atoms with E-state index in [1.807, 2.05) is 41.1 Å². The molecule has 0 unspecified atom stereocenters. The standard InChI is InChI=1S/C27H19N6O/c28-25(34)27-29-22-13-7-6-12-20(22)26(31-27)30-23-14-24-21(18-10-4-5-11-19(18)23)16-33(32-24)15-17-8-2-1-3-9-17/h1-5,7-14,16H,15H2,(H2,28,34)(H,29,30,31). The number of primary amides is 1. The van der Waals surface area contributed by atoms with Crippen molar-refractivity contribution in [3.8, 4) is 0 Å². The van der Waals surface area contributed by atoms with Crippen LogP contribution in [0, 0.1) is 6.07 Å². The highest BCUT2D eigenvalue weighted by Gasteiger charge is 2.15. The number of hydrogen-bond donors (Lipinski definition) is 2.